The molecular weight excluding hydrogens is 484 g/mol. The van der Waals surface area contributed by atoms with Gasteiger partial charge in [0.15, 0.2) is 12.4 Å². The van der Waals surface area contributed by atoms with E-state index in [1.165, 1.54) is 16.8 Å². The molecule has 0 bridgehead atoms. The van der Waals surface area contributed by atoms with Gasteiger partial charge in [0.05, 0.1) is 10.6 Å². The third-order valence-electron chi connectivity index (χ3n) is 3.46. The Morgan fingerprint density at radius 2 is 1.85 bits per heavy atom. The third kappa shape index (κ3) is 4.72. The van der Waals surface area contributed by atoms with Gasteiger partial charge in [-0.2, -0.15) is 5.10 Å². The Bertz CT molecular complexity index is 969. The number of nitro groups is 1. The number of hydrogen-bond acceptors (Lipinski definition) is 5. The molecule has 3 aromatic rings. The van der Waals surface area contributed by atoms with Gasteiger partial charge in [-0.25, -0.2) is 4.68 Å². The Morgan fingerprint density at radius 1 is 1.19 bits per heavy atom. The molecule has 0 spiro atoms. The summed E-state index contributed by atoms with van der Waals surface area (Å²) in [5, 5.41) is 17.7. The molecule has 0 saturated carbocycles. The smallest absolute Gasteiger partial charge is 0.276 e. The number of carbonyl (C=O) groups is 1. The molecule has 0 radical (unpaired) electrons. The minimum Gasteiger partial charge on any atom is -0.471 e. The molecule has 1 amide bonds. The van der Waals surface area contributed by atoms with E-state index in [4.69, 9.17) is 4.74 Å². The van der Waals surface area contributed by atoms with Crippen molar-refractivity contribution in [2.45, 2.75) is 6.73 Å². The number of amides is 1. The first-order chi connectivity index (χ1) is 12.9. The van der Waals surface area contributed by atoms with Crippen molar-refractivity contribution in [3.8, 4) is 5.75 Å². The Balaban J connectivity index is 1.69. The first kappa shape index (κ1) is 19.1. The summed E-state index contributed by atoms with van der Waals surface area (Å²) in [7, 11) is 0. The summed E-state index contributed by atoms with van der Waals surface area (Å²) >= 11 is 6.46. The second kappa shape index (κ2) is 8.31. The lowest BCUT2D eigenvalue weighted by atomic mass is 10.2. The summed E-state index contributed by atoms with van der Waals surface area (Å²) in [6.45, 7) is 0.155. The monoisotopic (exact) mass is 494 g/mol. The van der Waals surface area contributed by atoms with E-state index in [0.717, 1.165) is 0 Å². The van der Waals surface area contributed by atoms with Crippen LogP contribution < -0.4 is 10.1 Å². The molecule has 0 atom stereocenters. The van der Waals surface area contributed by atoms with Gasteiger partial charge in [-0.05, 0) is 50.1 Å². The average Bonchev–Trinajstić information content (AvgIpc) is 3.12. The number of halogens is 2. The van der Waals surface area contributed by atoms with Gasteiger partial charge < -0.3 is 10.1 Å². The molecule has 3 rings (SSSR count). The molecule has 0 unspecified atom stereocenters. The highest BCUT2D eigenvalue weighted by atomic mass is 79.9. The lowest BCUT2D eigenvalue weighted by Gasteiger charge is -2.09. The van der Waals surface area contributed by atoms with Gasteiger partial charge in [-0.3, -0.25) is 14.9 Å². The van der Waals surface area contributed by atoms with Gasteiger partial charge in [-0.1, -0.05) is 18.2 Å². The number of nitrogens with one attached hydrogen (secondary N) is 1. The number of para-hydroxylation sites is 1. The summed E-state index contributed by atoms with van der Waals surface area (Å²) in [5.74, 6) is 0.237. The second-order valence-electron chi connectivity index (χ2n) is 5.32. The maximum atomic E-state index is 12.4. The highest BCUT2D eigenvalue weighted by molar-refractivity contribution is 9.11. The molecule has 27 heavy (non-hydrogen) atoms. The van der Waals surface area contributed by atoms with Crippen LogP contribution in [0.15, 0.2) is 63.7 Å². The largest absolute Gasteiger partial charge is 0.471 e. The van der Waals surface area contributed by atoms with Crippen LogP contribution in [0.4, 0.5) is 11.4 Å². The fraction of sp³-hybridized carbons (Fsp3) is 0.0588. The summed E-state index contributed by atoms with van der Waals surface area (Å²) in [5.41, 5.74) is 0.457. The topological polar surface area (TPSA) is 99.3 Å². The predicted molar refractivity (Wildman–Crippen MR) is 106 cm³/mol. The molecular formula is C17H12Br2N4O4. The number of nitrogens with zero attached hydrogens (tertiary/aromatic N) is 3. The summed E-state index contributed by atoms with van der Waals surface area (Å²) in [6, 6.07) is 13.4. The van der Waals surface area contributed by atoms with Crippen molar-refractivity contribution >= 4 is 49.1 Å². The van der Waals surface area contributed by atoms with Crippen LogP contribution in [0.2, 0.25) is 0 Å². The first-order valence-corrected chi connectivity index (χ1v) is 9.19. The summed E-state index contributed by atoms with van der Waals surface area (Å²) in [4.78, 5) is 22.8. The minimum atomic E-state index is -0.518. The number of carbonyl (C=O) groups excluding carboxylic acids is 1. The number of nitro benzene ring substituents is 1. The van der Waals surface area contributed by atoms with Gasteiger partial charge in [0, 0.05) is 27.3 Å². The average molecular weight is 496 g/mol. The highest BCUT2D eigenvalue weighted by Gasteiger charge is 2.18. The molecule has 0 aliphatic carbocycles. The number of benzene rings is 2. The third-order valence-corrected chi connectivity index (χ3v) is 4.71. The zero-order valence-corrected chi connectivity index (χ0v) is 16.8. The number of non-ortho nitro benzene ring substituents is 1. The maximum absolute atomic E-state index is 12.4. The summed E-state index contributed by atoms with van der Waals surface area (Å²) in [6.07, 6.45) is 1.62. The van der Waals surface area contributed by atoms with E-state index >= 15 is 0 Å². The molecule has 1 N–H and O–H groups in total. The summed E-state index contributed by atoms with van der Waals surface area (Å²) < 4.78 is 7.81. The molecule has 2 aromatic carbocycles. The zero-order chi connectivity index (χ0) is 19.4. The second-order valence-corrected chi connectivity index (χ2v) is 7.03. The van der Waals surface area contributed by atoms with Crippen LogP contribution in [0.25, 0.3) is 0 Å². The van der Waals surface area contributed by atoms with Gasteiger partial charge in [0.2, 0.25) is 0 Å². The van der Waals surface area contributed by atoms with E-state index in [9.17, 15) is 14.9 Å². The Kier molecular flexibility index (Phi) is 5.87. The van der Waals surface area contributed by atoms with Gasteiger partial charge in [-0.15, -0.1) is 0 Å². The van der Waals surface area contributed by atoms with Crippen LogP contribution in [0.3, 0.4) is 0 Å². The number of rotatable bonds is 6. The minimum absolute atomic E-state index is 0.103. The molecule has 0 fully saturated rings. The van der Waals surface area contributed by atoms with Crippen LogP contribution in [0.5, 0.6) is 5.75 Å². The van der Waals surface area contributed by atoms with E-state index in [1.54, 1.807) is 12.3 Å². The zero-order valence-electron chi connectivity index (χ0n) is 13.6. The maximum Gasteiger partial charge on any atom is 0.276 e. The Labute approximate surface area is 170 Å². The van der Waals surface area contributed by atoms with E-state index < -0.39 is 10.8 Å². The quantitative estimate of drug-likeness (QED) is 0.397. The van der Waals surface area contributed by atoms with E-state index in [1.807, 2.05) is 30.3 Å². The Hall–Kier alpha value is -2.72. The molecule has 0 saturated heterocycles. The predicted octanol–water partition coefficient (Wildman–Crippen LogP) is 4.61. The SMILES string of the molecule is O=C(Nc1c(Br)cc([N+](=O)[O-])cc1Br)c1ccn(COc2ccccc2)n1. The lowest BCUT2D eigenvalue weighted by molar-refractivity contribution is -0.385. The molecule has 8 nitrogen and oxygen atoms in total. The number of hydrogen-bond donors (Lipinski definition) is 1. The van der Waals surface area contributed by atoms with Crippen molar-refractivity contribution in [2.75, 3.05) is 5.32 Å². The van der Waals surface area contributed by atoms with Crippen LogP contribution in [0.1, 0.15) is 10.5 Å². The lowest BCUT2D eigenvalue weighted by Crippen LogP contribution is -2.15. The highest BCUT2D eigenvalue weighted by Crippen LogP contribution is 2.35. The van der Waals surface area contributed by atoms with Crippen LogP contribution in [-0.4, -0.2) is 20.6 Å². The number of ether oxygens (including phenoxy) is 1. The van der Waals surface area contributed by atoms with Crippen LogP contribution >= 0.6 is 31.9 Å². The molecule has 10 heteroatoms. The number of anilines is 1. The fourth-order valence-electron chi connectivity index (χ4n) is 2.17. The van der Waals surface area contributed by atoms with Crippen molar-refractivity contribution in [3.05, 3.63) is 79.5 Å². The first-order valence-electron chi connectivity index (χ1n) is 7.60. The molecule has 1 heterocycles. The van der Waals surface area contributed by atoms with E-state index in [-0.39, 0.29) is 18.1 Å². The van der Waals surface area contributed by atoms with Gasteiger partial charge in [0.25, 0.3) is 11.6 Å². The van der Waals surface area contributed by atoms with Crippen molar-refractivity contribution < 1.29 is 14.5 Å². The molecule has 0 aliphatic rings. The standard InChI is InChI=1S/C17H12Br2N4O4/c18-13-8-11(23(25)26)9-14(19)16(13)20-17(24)15-6-7-22(21-15)10-27-12-4-2-1-3-5-12/h1-9H,10H2,(H,20,24). The van der Waals surface area contributed by atoms with Crippen LogP contribution in [-0.2, 0) is 6.73 Å². The number of aromatic nitrogens is 2. The van der Waals surface area contributed by atoms with Crippen LogP contribution in [0, 0.1) is 10.1 Å². The normalized spacial score (nSPS) is 10.4. The van der Waals surface area contributed by atoms with E-state index in [2.05, 4.69) is 42.3 Å². The molecule has 138 valence electrons. The molecule has 0 aliphatic heterocycles. The van der Waals surface area contributed by atoms with Gasteiger partial charge >= 0.3 is 0 Å². The van der Waals surface area contributed by atoms with Crippen molar-refractivity contribution in [2.24, 2.45) is 0 Å². The Morgan fingerprint density at radius 3 is 2.48 bits per heavy atom. The van der Waals surface area contributed by atoms with E-state index in [0.29, 0.717) is 20.4 Å². The van der Waals surface area contributed by atoms with Crippen molar-refractivity contribution in [1.29, 1.82) is 0 Å². The van der Waals surface area contributed by atoms with Gasteiger partial charge in [0.1, 0.15) is 5.75 Å². The van der Waals surface area contributed by atoms with Crippen molar-refractivity contribution in [1.82, 2.24) is 9.78 Å². The van der Waals surface area contributed by atoms with Crippen molar-refractivity contribution in [3.63, 3.8) is 0 Å². The molecule has 1 aromatic heterocycles. The fourth-order valence-corrected chi connectivity index (χ4v) is 3.53.